The number of hydrogen-bond acceptors (Lipinski definition) is 7. The summed E-state index contributed by atoms with van der Waals surface area (Å²) >= 11 is 0. The number of carbonyl (C=O) groups excluding carboxylic acids is 2. The minimum Gasteiger partial charge on any atom is -0.484 e. The van der Waals surface area contributed by atoms with Crippen LogP contribution in [0.2, 0.25) is 0 Å². The van der Waals surface area contributed by atoms with Gasteiger partial charge in [-0.1, -0.05) is 13.5 Å². The first-order valence-electron chi connectivity index (χ1n) is 8.18. The van der Waals surface area contributed by atoms with Crippen molar-refractivity contribution in [1.29, 1.82) is 0 Å². The molecule has 0 spiro atoms. The number of aromatic nitrogens is 1. The van der Waals surface area contributed by atoms with Crippen LogP contribution in [0.5, 0.6) is 0 Å². The van der Waals surface area contributed by atoms with Gasteiger partial charge in [0.25, 0.3) is 0 Å². The molecule has 1 aromatic rings. The Morgan fingerprint density at radius 2 is 1.96 bits per heavy atom. The molecule has 0 fully saturated rings. The van der Waals surface area contributed by atoms with E-state index in [4.69, 9.17) is 14.4 Å². The van der Waals surface area contributed by atoms with E-state index >= 15 is 0 Å². The zero-order chi connectivity index (χ0) is 19.7. The van der Waals surface area contributed by atoms with Crippen molar-refractivity contribution in [3.05, 3.63) is 48.5 Å². The average Bonchev–Trinajstić information content (AvgIpc) is 2.56. The highest BCUT2D eigenvalue weighted by Crippen LogP contribution is 2.26. The third kappa shape index (κ3) is 6.96. The van der Waals surface area contributed by atoms with Gasteiger partial charge in [-0.2, -0.15) is 0 Å². The fourth-order valence-electron chi connectivity index (χ4n) is 2.26. The molecule has 0 unspecified atom stereocenters. The quantitative estimate of drug-likeness (QED) is 0.218. The van der Waals surface area contributed by atoms with Gasteiger partial charge in [0.15, 0.2) is 5.76 Å². The number of ether oxygens (including phenoxy) is 2. The maximum atomic E-state index is 11.3. The largest absolute Gasteiger partial charge is 0.484 e. The SMILES string of the molecule is C=C(/C=C(\OOC(C)=O)c1cccnc1)OC(C)(C)[C@H](CC)OC(C)=O. The molecule has 7 nitrogen and oxygen atoms in total. The van der Waals surface area contributed by atoms with Gasteiger partial charge in [-0.15, -0.1) is 0 Å². The summed E-state index contributed by atoms with van der Waals surface area (Å²) in [7, 11) is 0. The van der Waals surface area contributed by atoms with Crippen LogP contribution in [0.3, 0.4) is 0 Å². The van der Waals surface area contributed by atoms with Crippen molar-refractivity contribution < 1.29 is 28.8 Å². The number of carbonyl (C=O) groups is 2. The van der Waals surface area contributed by atoms with Gasteiger partial charge in [-0.05, 0) is 32.4 Å². The van der Waals surface area contributed by atoms with Crippen molar-refractivity contribution in [2.24, 2.45) is 0 Å². The second-order valence-electron chi connectivity index (χ2n) is 6.09. The Bertz CT molecular complexity index is 666. The van der Waals surface area contributed by atoms with Crippen LogP contribution in [-0.4, -0.2) is 28.6 Å². The predicted molar refractivity (Wildman–Crippen MR) is 95.2 cm³/mol. The molecule has 0 aliphatic carbocycles. The van der Waals surface area contributed by atoms with Crippen LogP contribution in [0.15, 0.2) is 42.9 Å². The normalized spacial score (nSPS) is 12.7. The molecule has 0 N–H and O–H groups in total. The first-order chi connectivity index (χ1) is 12.2. The molecule has 0 radical (unpaired) electrons. The van der Waals surface area contributed by atoms with Gasteiger partial charge in [0.1, 0.15) is 17.5 Å². The van der Waals surface area contributed by atoms with Crippen LogP contribution < -0.4 is 0 Å². The van der Waals surface area contributed by atoms with Crippen molar-refractivity contribution in [3.63, 3.8) is 0 Å². The predicted octanol–water partition coefficient (Wildman–Crippen LogP) is 3.57. The lowest BCUT2D eigenvalue weighted by atomic mass is 9.99. The summed E-state index contributed by atoms with van der Waals surface area (Å²) in [6.07, 6.45) is 4.74. The van der Waals surface area contributed by atoms with E-state index in [1.54, 1.807) is 38.4 Å². The second-order valence-corrected chi connectivity index (χ2v) is 6.09. The van der Waals surface area contributed by atoms with E-state index in [9.17, 15) is 9.59 Å². The summed E-state index contributed by atoms with van der Waals surface area (Å²) in [5, 5.41) is 0. The molecule has 1 rings (SSSR count). The maximum Gasteiger partial charge on any atom is 0.352 e. The molecule has 0 amide bonds. The molecule has 0 aliphatic heterocycles. The van der Waals surface area contributed by atoms with Gasteiger partial charge in [0.05, 0.1) is 0 Å². The molecular formula is C19H25NO6. The lowest BCUT2D eigenvalue weighted by Gasteiger charge is -2.33. The van der Waals surface area contributed by atoms with E-state index < -0.39 is 17.7 Å². The van der Waals surface area contributed by atoms with E-state index in [1.165, 1.54) is 19.9 Å². The topological polar surface area (TPSA) is 84.0 Å². The van der Waals surface area contributed by atoms with E-state index in [2.05, 4.69) is 16.5 Å². The Labute approximate surface area is 153 Å². The fourth-order valence-corrected chi connectivity index (χ4v) is 2.26. The van der Waals surface area contributed by atoms with Crippen molar-refractivity contribution in [2.75, 3.05) is 0 Å². The highest BCUT2D eigenvalue weighted by molar-refractivity contribution is 5.67. The van der Waals surface area contributed by atoms with Gasteiger partial charge in [-0.3, -0.25) is 19.6 Å². The van der Waals surface area contributed by atoms with Crippen molar-refractivity contribution in [2.45, 2.75) is 52.7 Å². The first-order valence-corrected chi connectivity index (χ1v) is 8.18. The van der Waals surface area contributed by atoms with E-state index in [-0.39, 0.29) is 17.5 Å². The minimum absolute atomic E-state index is 0.203. The third-order valence-electron chi connectivity index (χ3n) is 3.34. The number of rotatable bonds is 9. The monoisotopic (exact) mass is 363 g/mol. The summed E-state index contributed by atoms with van der Waals surface area (Å²) in [5.74, 6) is -0.544. The van der Waals surface area contributed by atoms with Crippen molar-refractivity contribution in [3.8, 4) is 0 Å². The summed E-state index contributed by atoms with van der Waals surface area (Å²) in [5.41, 5.74) is -0.251. The molecule has 1 aromatic heterocycles. The van der Waals surface area contributed by atoms with E-state index in [0.29, 0.717) is 12.0 Å². The number of hydrogen-bond donors (Lipinski definition) is 0. The Morgan fingerprint density at radius 3 is 2.46 bits per heavy atom. The number of pyridine rings is 1. The molecule has 0 bridgehead atoms. The number of nitrogens with zero attached hydrogens (tertiary/aromatic N) is 1. The summed E-state index contributed by atoms with van der Waals surface area (Å²) in [6.45, 7) is 11.9. The molecule has 142 valence electrons. The highest BCUT2D eigenvalue weighted by atomic mass is 17.2. The van der Waals surface area contributed by atoms with Crippen LogP contribution >= 0.6 is 0 Å². The Morgan fingerprint density at radius 1 is 1.27 bits per heavy atom. The third-order valence-corrected chi connectivity index (χ3v) is 3.34. The molecule has 0 saturated heterocycles. The zero-order valence-electron chi connectivity index (χ0n) is 15.8. The summed E-state index contributed by atoms with van der Waals surface area (Å²) in [6, 6.07) is 3.44. The second kappa shape index (κ2) is 9.60. The van der Waals surface area contributed by atoms with Crippen molar-refractivity contribution in [1.82, 2.24) is 4.98 Å². The van der Waals surface area contributed by atoms with Crippen LogP contribution in [0, 0.1) is 0 Å². The minimum atomic E-state index is -0.824. The lowest BCUT2D eigenvalue weighted by Crippen LogP contribution is -2.41. The fraction of sp³-hybridized carbons (Fsp3) is 0.421. The Balaban J connectivity index is 2.98. The molecular weight excluding hydrogens is 338 g/mol. The standard InChI is InChI=1S/C19H25NO6/c1-7-18(23-14(3)21)19(5,6)24-13(2)11-17(26-25-15(4)22)16-9-8-10-20-12-16/h8-12,18H,2,7H2,1,3-6H3/b17-11-/t18-/m0/s1. The number of allylic oxidation sites excluding steroid dienone is 1. The van der Waals surface area contributed by atoms with Gasteiger partial charge >= 0.3 is 11.9 Å². The molecule has 0 aliphatic rings. The average molecular weight is 363 g/mol. The number of esters is 1. The smallest absolute Gasteiger partial charge is 0.352 e. The molecule has 1 atom stereocenters. The highest BCUT2D eigenvalue weighted by Gasteiger charge is 2.33. The first kappa shape index (κ1) is 21.2. The molecule has 0 saturated carbocycles. The maximum absolute atomic E-state index is 11.3. The molecule has 26 heavy (non-hydrogen) atoms. The molecule has 0 aromatic carbocycles. The molecule has 7 heteroatoms. The van der Waals surface area contributed by atoms with Crippen LogP contribution in [0.1, 0.15) is 46.6 Å². The van der Waals surface area contributed by atoms with Gasteiger partial charge in [0, 0.05) is 37.9 Å². The Kier molecular flexibility index (Phi) is 7.83. The summed E-state index contributed by atoms with van der Waals surface area (Å²) in [4.78, 5) is 36.0. The van der Waals surface area contributed by atoms with Crippen LogP contribution in [0.4, 0.5) is 0 Å². The van der Waals surface area contributed by atoms with E-state index in [1.807, 2.05) is 6.92 Å². The molecule has 1 heterocycles. The Hall–Kier alpha value is -2.83. The summed E-state index contributed by atoms with van der Waals surface area (Å²) < 4.78 is 11.2. The zero-order valence-corrected chi connectivity index (χ0v) is 15.8. The van der Waals surface area contributed by atoms with Crippen molar-refractivity contribution >= 4 is 17.7 Å². The van der Waals surface area contributed by atoms with Crippen LogP contribution in [-0.2, 0) is 28.8 Å². The lowest BCUT2D eigenvalue weighted by molar-refractivity contribution is -0.227. The van der Waals surface area contributed by atoms with Gasteiger partial charge in [-0.25, -0.2) is 4.79 Å². The van der Waals surface area contributed by atoms with Gasteiger partial charge in [0.2, 0.25) is 0 Å². The van der Waals surface area contributed by atoms with Gasteiger partial charge < -0.3 is 9.47 Å². The van der Waals surface area contributed by atoms with Crippen LogP contribution in [0.25, 0.3) is 5.76 Å². The van der Waals surface area contributed by atoms with E-state index in [0.717, 1.165) is 0 Å².